The summed E-state index contributed by atoms with van der Waals surface area (Å²) < 4.78 is 14.0. The maximum atomic E-state index is 13.5. The minimum absolute atomic E-state index is 0.253. The fourth-order valence-corrected chi connectivity index (χ4v) is 3.45. The summed E-state index contributed by atoms with van der Waals surface area (Å²) in [5.41, 5.74) is 1.80. The Morgan fingerprint density at radius 1 is 1.56 bits per heavy atom. The molecule has 98 valence electrons. The van der Waals surface area contributed by atoms with E-state index in [1.807, 2.05) is 6.92 Å². The van der Waals surface area contributed by atoms with Crippen molar-refractivity contribution < 1.29 is 4.39 Å². The molecular formula is C13H16BrFN2S. The highest BCUT2D eigenvalue weighted by Gasteiger charge is 2.19. The van der Waals surface area contributed by atoms with Crippen LogP contribution in [-0.4, -0.2) is 17.0 Å². The zero-order chi connectivity index (χ0) is 13.1. The highest BCUT2D eigenvalue weighted by atomic mass is 79.9. The van der Waals surface area contributed by atoms with Crippen LogP contribution in [-0.2, 0) is 0 Å². The summed E-state index contributed by atoms with van der Waals surface area (Å²) >= 11 is 4.94. The van der Waals surface area contributed by atoms with Gasteiger partial charge in [0.15, 0.2) is 5.17 Å². The lowest BCUT2D eigenvalue weighted by Crippen LogP contribution is -2.08. The van der Waals surface area contributed by atoms with Gasteiger partial charge in [0.05, 0.1) is 11.0 Å². The normalized spacial score (nSPS) is 18.9. The van der Waals surface area contributed by atoms with Gasteiger partial charge < -0.3 is 5.32 Å². The molecule has 0 radical (unpaired) electrons. The van der Waals surface area contributed by atoms with E-state index in [9.17, 15) is 4.39 Å². The molecule has 0 amide bonds. The second kappa shape index (κ2) is 6.06. The van der Waals surface area contributed by atoms with Crippen molar-refractivity contribution >= 4 is 38.5 Å². The Morgan fingerprint density at radius 3 is 3.06 bits per heavy atom. The first-order valence-corrected chi connectivity index (χ1v) is 7.71. The van der Waals surface area contributed by atoms with E-state index in [4.69, 9.17) is 0 Å². The number of aliphatic imine (C=N–C) groups is 1. The molecule has 0 fully saturated rings. The van der Waals surface area contributed by atoms with Crippen molar-refractivity contribution in [2.75, 3.05) is 11.9 Å². The van der Waals surface area contributed by atoms with Crippen molar-refractivity contribution in [2.45, 2.75) is 31.9 Å². The second-order valence-electron chi connectivity index (χ2n) is 4.38. The number of amidine groups is 1. The number of nitrogens with zero attached hydrogens (tertiary/aromatic N) is 1. The van der Waals surface area contributed by atoms with Crippen molar-refractivity contribution in [3.8, 4) is 0 Å². The molecule has 0 spiro atoms. The number of thioether (sulfide) groups is 1. The molecule has 1 unspecified atom stereocenters. The van der Waals surface area contributed by atoms with Gasteiger partial charge in [-0.15, -0.1) is 0 Å². The first-order chi connectivity index (χ1) is 8.60. The molecule has 1 aromatic carbocycles. The zero-order valence-electron chi connectivity index (χ0n) is 10.5. The van der Waals surface area contributed by atoms with Crippen LogP contribution in [0.3, 0.4) is 0 Å². The fourth-order valence-electron chi connectivity index (χ4n) is 1.85. The monoisotopic (exact) mass is 330 g/mol. The van der Waals surface area contributed by atoms with Crippen molar-refractivity contribution in [1.82, 2.24) is 0 Å². The molecule has 5 heteroatoms. The third-order valence-corrected chi connectivity index (χ3v) is 4.62. The van der Waals surface area contributed by atoms with Gasteiger partial charge in [0.2, 0.25) is 0 Å². The number of halogens is 2. The van der Waals surface area contributed by atoms with Crippen LogP contribution in [0, 0.1) is 12.7 Å². The number of rotatable bonds is 3. The van der Waals surface area contributed by atoms with E-state index >= 15 is 0 Å². The predicted molar refractivity (Wildman–Crippen MR) is 81.0 cm³/mol. The van der Waals surface area contributed by atoms with Gasteiger partial charge in [-0.25, -0.2) is 4.39 Å². The molecule has 18 heavy (non-hydrogen) atoms. The standard InChI is InChI=1S/C13H16BrFN2S/c1-3-4-9-7-16-13(18-9)17-12-6-11(15)10(14)5-8(12)2/h5-6,9H,3-4,7H2,1-2H3,(H,16,17). The summed E-state index contributed by atoms with van der Waals surface area (Å²) in [5, 5.41) is 4.69. The third kappa shape index (κ3) is 3.26. The summed E-state index contributed by atoms with van der Waals surface area (Å²) in [5.74, 6) is -0.253. The predicted octanol–water partition coefficient (Wildman–Crippen LogP) is 4.58. The first kappa shape index (κ1) is 13.9. The topological polar surface area (TPSA) is 24.4 Å². The van der Waals surface area contributed by atoms with Gasteiger partial charge in [-0.05, 0) is 47.0 Å². The minimum Gasteiger partial charge on any atom is -0.335 e. The molecule has 2 nitrogen and oxygen atoms in total. The van der Waals surface area contributed by atoms with Gasteiger partial charge in [0, 0.05) is 10.9 Å². The lowest BCUT2D eigenvalue weighted by molar-refractivity contribution is 0.621. The van der Waals surface area contributed by atoms with Gasteiger partial charge in [0.1, 0.15) is 5.82 Å². The van der Waals surface area contributed by atoms with Crippen molar-refractivity contribution in [1.29, 1.82) is 0 Å². The van der Waals surface area contributed by atoms with Crippen molar-refractivity contribution in [2.24, 2.45) is 4.99 Å². The molecule has 0 aromatic heterocycles. The van der Waals surface area contributed by atoms with Gasteiger partial charge in [0.25, 0.3) is 0 Å². The third-order valence-electron chi connectivity index (χ3n) is 2.84. The summed E-state index contributed by atoms with van der Waals surface area (Å²) in [6, 6.07) is 3.29. The van der Waals surface area contributed by atoms with Crippen molar-refractivity contribution in [3.63, 3.8) is 0 Å². The van der Waals surface area contributed by atoms with E-state index in [1.54, 1.807) is 17.8 Å². The molecule has 0 saturated carbocycles. The van der Waals surface area contributed by atoms with Gasteiger partial charge in [-0.2, -0.15) is 0 Å². The Kier molecular flexibility index (Phi) is 4.67. The van der Waals surface area contributed by atoms with E-state index in [1.165, 1.54) is 18.9 Å². The number of aryl methyl sites for hydroxylation is 1. The number of hydrogen-bond acceptors (Lipinski definition) is 3. The average molecular weight is 331 g/mol. The second-order valence-corrected chi connectivity index (χ2v) is 6.52. The summed E-state index contributed by atoms with van der Waals surface area (Å²) in [7, 11) is 0. The van der Waals surface area contributed by atoms with Crippen LogP contribution < -0.4 is 5.32 Å². The largest absolute Gasteiger partial charge is 0.335 e. The Hall–Kier alpha value is -0.550. The highest BCUT2D eigenvalue weighted by molar-refractivity contribution is 9.10. The molecule has 2 rings (SSSR count). The Labute approximate surface area is 120 Å². The maximum Gasteiger partial charge on any atom is 0.161 e. The zero-order valence-corrected chi connectivity index (χ0v) is 12.9. The quantitative estimate of drug-likeness (QED) is 0.877. The molecule has 1 N–H and O–H groups in total. The van der Waals surface area contributed by atoms with Crippen molar-refractivity contribution in [3.05, 3.63) is 28.0 Å². The van der Waals surface area contributed by atoms with Crippen LogP contribution in [0.25, 0.3) is 0 Å². The summed E-state index contributed by atoms with van der Waals surface area (Å²) in [6.45, 7) is 5.00. The van der Waals surface area contributed by atoms with Gasteiger partial charge >= 0.3 is 0 Å². The van der Waals surface area contributed by atoms with Crippen LogP contribution in [0.2, 0.25) is 0 Å². The smallest absolute Gasteiger partial charge is 0.161 e. The van der Waals surface area contributed by atoms with Gasteiger partial charge in [-0.1, -0.05) is 25.1 Å². The van der Waals surface area contributed by atoms with E-state index < -0.39 is 0 Å². The minimum atomic E-state index is -0.253. The average Bonchev–Trinajstić information content (AvgIpc) is 2.74. The number of hydrogen-bond donors (Lipinski definition) is 1. The number of anilines is 1. The highest BCUT2D eigenvalue weighted by Crippen LogP contribution is 2.29. The number of benzene rings is 1. The van der Waals surface area contributed by atoms with Crippen LogP contribution in [0.4, 0.5) is 10.1 Å². The molecule has 1 heterocycles. The van der Waals surface area contributed by atoms with Gasteiger partial charge in [-0.3, -0.25) is 4.99 Å². The maximum absolute atomic E-state index is 13.5. The van der Waals surface area contributed by atoms with Crippen LogP contribution in [0.1, 0.15) is 25.3 Å². The Morgan fingerprint density at radius 2 is 2.33 bits per heavy atom. The van der Waals surface area contributed by atoms with Crippen LogP contribution >= 0.6 is 27.7 Å². The van der Waals surface area contributed by atoms with Crippen LogP contribution in [0.5, 0.6) is 0 Å². The molecule has 1 aliphatic heterocycles. The SMILES string of the molecule is CCCC1CN=C(Nc2cc(F)c(Br)cc2C)S1. The molecule has 1 atom stereocenters. The Balaban J connectivity index is 2.05. The molecule has 0 bridgehead atoms. The lowest BCUT2D eigenvalue weighted by Gasteiger charge is -2.11. The molecule has 1 aromatic rings. The number of nitrogens with one attached hydrogen (secondary N) is 1. The summed E-state index contributed by atoms with van der Waals surface area (Å²) in [4.78, 5) is 4.46. The molecule has 1 aliphatic rings. The van der Waals surface area contributed by atoms with E-state index in [0.29, 0.717) is 9.72 Å². The van der Waals surface area contributed by atoms with E-state index in [2.05, 4.69) is 33.2 Å². The first-order valence-electron chi connectivity index (χ1n) is 6.04. The van der Waals surface area contributed by atoms with Crippen LogP contribution in [0.15, 0.2) is 21.6 Å². The molecule has 0 aliphatic carbocycles. The Bertz CT molecular complexity index is 476. The van der Waals surface area contributed by atoms with E-state index in [0.717, 1.165) is 23.0 Å². The summed E-state index contributed by atoms with van der Waals surface area (Å²) in [6.07, 6.45) is 2.35. The fraction of sp³-hybridized carbons (Fsp3) is 0.462. The molecular weight excluding hydrogens is 315 g/mol. The lowest BCUT2D eigenvalue weighted by atomic mass is 10.2. The van der Waals surface area contributed by atoms with E-state index in [-0.39, 0.29) is 5.82 Å². The molecule has 0 saturated heterocycles.